The number of hydrogen-bond donors (Lipinski definition) is 2. The molecule has 3 heterocycles. The molecule has 168 valence electrons. The minimum atomic E-state index is -4.42. The molecule has 1 fully saturated rings. The molecule has 5 nitrogen and oxygen atoms in total. The lowest BCUT2D eigenvalue weighted by Crippen LogP contribution is -2.53. The second kappa shape index (κ2) is 8.38. The fourth-order valence-corrected chi connectivity index (χ4v) is 5.37. The van der Waals surface area contributed by atoms with Gasteiger partial charge in [0.05, 0.1) is 22.5 Å². The van der Waals surface area contributed by atoms with Crippen LogP contribution in [0.4, 0.5) is 29.5 Å². The van der Waals surface area contributed by atoms with Crippen LogP contribution in [0, 0.1) is 0 Å². The van der Waals surface area contributed by atoms with Crippen LogP contribution in [0.25, 0.3) is 10.1 Å². The van der Waals surface area contributed by atoms with Gasteiger partial charge in [0.15, 0.2) is 0 Å². The normalized spacial score (nSPS) is 18.6. The van der Waals surface area contributed by atoms with Crippen molar-refractivity contribution in [1.29, 1.82) is 0 Å². The molecule has 0 amide bonds. The number of nitrogens with zero attached hydrogens (tertiary/aromatic N) is 2. The Morgan fingerprint density at radius 2 is 2.06 bits per heavy atom. The van der Waals surface area contributed by atoms with Gasteiger partial charge in [-0.1, -0.05) is 18.2 Å². The van der Waals surface area contributed by atoms with Gasteiger partial charge in [0.1, 0.15) is 10.8 Å². The maximum atomic E-state index is 13.4. The predicted octanol–water partition coefficient (Wildman–Crippen LogP) is 5.37. The predicted molar refractivity (Wildman–Crippen MR) is 123 cm³/mol. The highest BCUT2D eigenvalue weighted by Gasteiger charge is 2.33. The number of halogens is 3. The Kier molecular flexibility index (Phi) is 5.56. The van der Waals surface area contributed by atoms with Crippen LogP contribution >= 0.6 is 11.3 Å². The van der Waals surface area contributed by atoms with Crippen molar-refractivity contribution >= 4 is 43.6 Å². The molecular weight excluding hydrogens is 437 g/mol. The van der Waals surface area contributed by atoms with Gasteiger partial charge in [-0.15, -0.1) is 11.3 Å². The van der Waals surface area contributed by atoms with Crippen LogP contribution in [0.1, 0.15) is 17.5 Å². The van der Waals surface area contributed by atoms with E-state index in [1.807, 2.05) is 18.2 Å². The third-order valence-corrected chi connectivity index (χ3v) is 6.93. The molecule has 0 aliphatic carbocycles. The van der Waals surface area contributed by atoms with Gasteiger partial charge in [-0.3, -0.25) is 0 Å². The van der Waals surface area contributed by atoms with Crippen LogP contribution in [-0.2, 0) is 10.9 Å². The monoisotopic (exact) mass is 460 g/mol. The van der Waals surface area contributed by atoms with E-state index in [1.54, 1.807) is 18.4 Å². The molecule has 0 spiro atoms. The van der Waals surface area contributed by atoms with Crippen molar-refractivity contribution < 1.29 is 17.9 Å². The van der Waals surface area contributed by atoms with Crippen molar-refractivity contribution in [1.82, 2.24) is 10.2 Å². The van der Waals surface area contributed by atoms with Crippen LogP contribution in [-0.4, -0.2) is 50.1 Å². The second-order valence-corrected chi connectivity index (χ2v) is 9.02. The quantitative estimate of drug-likeness (QED) is 0.552. The molecule has 3 aromatic rings. The van der Waals surface area contributed by atoms with E-state index >= 15 is 0 Å². The third kappa shape index (κ3) is 3.96. The second-order valence-electron chi connectivity index (χ2n) is 7.97. The Bertz CT molecular complexity index is 1170. The Balaban J connectivity index is 1.64. The maximum Gasteiger partial charge on any atom is 0.416 e. The molecule has 2 aliphatic heterocycles. The van der Waals surface area contributed by atoms with Crippen LogP contribution in [0.5, 0.6) is 0 Å². The summed E-state index contributed by atoms with van der Waals surface area (Å²) in [5.41, 5.74) is 1.12. The first kappa shape index (κ1) is 21.2. The van der Waals surface area contributed by atoms with Crippen molar-refractivity contribution in [2.75, 3.05) is 38.7 Å². The highest BCUT2D eigenvalue weighted by molar-refractivity contribution is 7.23. The molecular formula is C23H23F3N4OS. The van der Waals surface area contributed by atoms with E-state index in [1.165, 1.54) is 6.07 Å². The third-order valence-electron chi connectivity index (χ3n) is 5.84. The number of rotatable bonds is 3. The number of fused-ring (bicyclic) bond motifs is 4. The molecule has 32 heavy (non-hydrogen) atoms. The van der Waals surface area contributed by atoms with Crippen LogP contribution in [0.3, 0.4) is 0 Å². The number of anilines is 2. The van der Waals surface area contributed by atoms with Gasteiger partial charge < -0.3 is 20.3 Å². The molecule has 2 N–H and O–H groups in total. The lowest BCUT2D eigenvalue weighted by molar-refractivity contribution is -0.137. The van der Waals surface area contributed by atoms with Crippen LogP contribution in [0.2, 0.25) is 0 Å². The number of piperazine rings is 1. The molecule has 2 aromatic carbocycles. The molecule has 0 bridgehead atoms. The average Bonchev–Trinajstić information content (AvgIpc) is 3.05. The topological polar surface area (TPSA) is 48.9 Å². The summed E-state index contributed by atoms with van der Waals surface area (Å²) in [5.74, 6) is 0.715. The minimum Gasteiger partial charge on any atom is -0.385 e. The average molecular weight is 461 g/mol. The van der Waals surface area contributed by atoms with Crippen molar-refractivity contribution in [3.05, 3.63) is 53.6 Å². The zero-order chi connectivity index (χ0) is 22.3. The summed E-state index contributed by atoms with van der Waals surface area (Å²) in [4.78, 5) is 7.03. The van der Waals surface area contributed by atoms with E-state index in [2.05, 4.69) is 21.6 Å². The van der Waals surface area contributed by atoms with Crippen molar-refractivity contribution in [2.45, 2.75) is 18.6 Å². The van der Waals surface area contributed by atoms with Gasteiger partial charge in [-0.25, -0.2) is 4.99 Å². The number of alkyl halides is 3. The van der Waals surface area contributed by atoms with Crippen molar-refractivity contribution in [3.63, 3.8) is 0 Å². The summed E-state index contributed by atoms with van der Waals surface area (Å²) >= 11 is 1.59. The van der Waals surface area contributed by atoms with E-state index in [-0.39, 0.29) is 6.04 Å². The Labute approximate surface area is 187 Å². The van der Waals surface area contributed by atoms with Crippen LogP contribution < -0.4 is 10.6 Å². The summed E-state index contributed by atoms with van der Waals surface area (Å²) in [5, 5.41) is 8.81. The number of aliphatic imine (C=N–C) groups is 1. The largest absolute Gasteiger partial charge is 0.416 e. The van der Waals surface area contributed by atoms with E-state index < -0.39 is 11.7 Å². The van der Waals surface area contributed by atoms with E-state index in [0.717, 1.165) is 52.3 Å². The fraction of sp³-hybridized carbons (Fsp3) is 0.348. The van der Waals surface area contributed by atoms with Crippen molar-refractivity contribution in [3.8, 4) is 0 Å². The number of hydrogen-bond acceptors (Lipinski definition) is 6. The maximum absolute atomic E-state index is 13.4. The van der Waals surface area contributed by atoms with Gasteiger partial charge in [0, 0.05) is 49.5 Å². The zero-order valence-corrected chi connectivity index (χ0v) is 18.3. The van der Waals surface area contributed by atoms with Crippen molar-refractivity contribution in [2.24, 2.45) is 4.99 Å². The summed E-state index contributed by atoms with van der Waals surface area (Å²) in [6.45, 7) is 2.85. The lowest BCUT2D eigenvalue weighted by atomic mass is 10.1. The van der Waals surface area contributed by atoms with Gasteiger partial charge in [-0.05, 0) is 30.7 Å². The van der Waals surface area contributed by atoms with Gasteiger partial charge in [-0.2, -0.15) is 13.2 Å². The Morgan fingerprint density at radius 1 is 1.22 bits per heavy atom. The SMILES string of the molecule is COCC[C@H]1CN(C2=Nc3cc(C(F)(F)F)ccc3Nc3sc4ccccc4c32)CCN1. The first-order chi connectivity index (χ1) is 15.4. The molecule has 2 aliphatic rings. The number of methoxy groups -OCH3 is 1. The Morgan fingerprint density at radius 3 is 2.88 bits per heavy atom. The molecule has 5 rings (SSSR count). The molecule has 1 atom stereocenters. The number of nitrogens with one attached hydrogen (secondary N) is 2. The van der Waals surface area contributed by atoms with Gasteiger partial charge >= 0.3 is 6.18 Å². The Hall–Kier alpha value is -2.62. The van der Waals surface area contributed by atoms with Gasteiger partial charge in [0.25, 0.3) is 0 Å². The summed E-state index contributed by atoms with van der Waals surface area (Å²) < 4.78 is 46.5. The van der Waals surface area contributed by atoms with E-state index in [0.29, 0.717) is 30.4 Å². The van der Waals surface area contributed by atoms with Crippen LogP contribution in [0.15, 0.2) is 47.5 Å². The molecule has 9 heteroatoms. The number of benzene rings is 2. The fourth-order valence-electron chi connectivity index (χ4n) is 4.25. The summed E-state index contributed by atoms with van der Waals surface area (Å²) in [7, 11) is 1.68. The summed E-state index contributed by atoms with van der Waals surface area (Å²) in [6.07, 6.45) is -3.57. The molecule has 0 saturated carbocycles. The molecule has 1 saturated heterocycles. The number of amidine groups is 1. The molecule has 0 radical (unpaired) electrons. The van der Waals surface area contributed by atoms with Gasteiger partial charge in [0.2, 0.25) is 0 Å². The first-order valence-corrected chi connectivity index (χ1v) is 11.3. The summed E-state index contributed by atoms with van der Waals surface area (Å²) in [6, 6.07) is 12.0. The smallest absolute Gasteiger partial charge is 0.385 e. The zero-order valence-electron chi connectivity index (χ0n) is 17.5. The molecule has 1 aromatic heterocycles. The number of ether oxygens (including phenoxy) is 1. The highest BCUT2D eigenvalue weighted by Crippen LogP contribution is 2.44. The van der Waals surface area contributed by atoms with E-state index in [4.69, 9.17) is 9.73 Å². The molecule has 0 unspecified atom stereocenters. The highest BCUT2D eigenvalue weighted by atomic mass is 32.1. The first-order valence-electron chi connectivity index (χ1n) is 10.5. The minimum absolute atomic E-state index is 0.219. The lowest BCUT2D eigenvalue weighted by Gasteiger charge is -2.35. The standard InChI is InChI=1S/C23H23F3N4OS/c1-31-11-8-15-13-30(10-9-27-15)21-20-16-4-2-3-5-19(16)32-22(20)29-17-7-6-14(23(24,25)26)12-18(17)28-21/h2-7,12,15,27,29H,8-11,13H2,1H3/t15-/m0/s1. The van der Waals surface area contributed by atoms with E-state index in [9.17, 15) is 13.2 Å². The number of thiophene rings is 1.